The van der Waals surface area contributed by atoms with Gasteiger partial charge in [0.25, 0.3) is 5.91 Å². The summed E-state index contributed by atoms with van der Waals surface area (Å²) in [6.07, 6.45) is 1.65. The molecular weight excluding hydrogens is 470 g/mol. The topological polar surface area (TPSA) is 78.2 Å². The fourth-order valence-corrected chi connectivity index (χ4v) is 4.64. The number of ether oxygens (including phenoxy) is 3. The third-order valence-electron chi connectivity index (χ3n) is 6.32. The van der Waals surface area contributed by atoms with Gasteiger partial charge in [-0.25, -0.2) is 0 Å². The first kappa shape index (κ1) is 24.2. The van der Waals surface area contributed by atoms with Crippen LogP contribution >= 0.6 is 0 Å². The van der Waals surface area contributed by atoms with Gasteiger partial charge in [0.2, 0.25) is 5.76 Å². The highest BCUT2D eigenvalue weighted by Gasteiger charge is 2.44. The largest absolute Gasteiger partial charge is 0.497 e. The van der Waals surface area contributed by atoms with E-state index in [1.54, 1.807) is 60.6 Å². The Morgan fingerprint density at radius 1 is 1.00 bits per heavy atom. The molecule has 0 saturated carbocycles. The summed E-state index contributed by atoms with van der Waals surface area (Å²) in [5.74, 6) is 1.36. The molecule has 1 aliphatic heterocycles. The van der Waals surface area contributed by atoms with Crippen LogP contribution in [0.25, 0.3) is 11.0 Å². The number of rotatable bonds is 8. The fraction of sp³-hybridized carbons (Fsp3) is 0.200. The van der Waals surface area contributed by atoms with Crippen molar-refractivity contribution < 1.29 is 23.4 Å². The van der Waals surface area contributed by atoms with Gasteiger partial charge in [-0.05, 0) is 67.9 Å². The molecule has 1 unspecified atom stereocenters. The molecule has 1 atom stereocenters. The Labute approximate surface area is 214 Å². The minimum absolute atomic E-state index is 0.0344. The number of benzene rings is 3. The molecule has 5 rings (SSSR count). The first-order chi connectivity index (χ1) is 18.0. The number of carbonyl (C=O) groups is 1. The zero-order chi connectivity index (χ0) is 26.1. The van der Waals surface area contributed by atoms with Crippen molar-refractivity contribution in [1.82, 2.24) is 0 Å². The highest BCUT2D eigenvalue weighted by Crippen LogP contribution is 2.43. The highest BCUT2D eigenvalue weighted by molar-refractivity contribution is 6.10. The molecule has 1 aliphatic rings. The SMILES string of the molecule is C=CCOc1ccc(C2c3c(oc4ccc(C)cc4c3=O)C(=O)N2c2ccc(OC)cc2)cc1OCC. The number of anilines is 1. The van der Waals surface area contributed by atoms with Crippen LogP contribution in [0.4, 0.5) is 5.69 Å². The molecule has 1 aromatic heterocycles. The normalized spacial score (nSPS) is 14.5. The average Bonchev–Trinajstić information content (AvgIpc) is 3.21. The molecule has 4 aromatic rings. The quantitative estimate of drug-likeness (QED) is 0.285. The van der Waals surface area contributed by atoms with Crippen molar-refractivity contribution in [2.45, 2.75) is 19.9 Å². The first-order valence-corrected chi connectivity index (χ1v) is 12.0. The lowest BCUT2D eigenvalue weighted by Gasteiger charge is -2.26. The predicted molar refractivity (Wildman–Crippen MR) is 142 cm³/mol. The highest BCUT2D eigenvalue weighted by atomic mass is 16.5. The van der Waals surface area contributed by atoms with Crippen LogP contribution in [0.15, 0.2) is 82.5 Å². The molecule has 0 radical (unpaired) electrons. The van der Waals surface area contributed by atoms with Crippen LogP contribution in [0.3, 0.4) is 0 Å². The minimum atomic E-state index is -0.732. The monoisotopic (exact) mass is 497 g/mol. The molecule has 188 valence electrons. The summed E-state index contributed by atoms with van der Waals surface area (Å²) in [4.78, 5) is 29.3. The first-order valence-electron chi connectivity index (χ1n) is 12.0. The second kappa shape index (κ2) is 9.85. The van der Waals surface area contributed by atoms with E-state index in [1.807, 2.05) is 32.0 Å². The van der Waals surface area contributed by atoms with Gasteiger partial charge in [-0.3, -0.25) is 14.5 Å². The Bertz CT molecular complexity index is 1550. The van der Waals surface area contributed by atoms with Crippen LogP contribution < -0.4 is 24.5 Å². The second-order valence-corrected chi connectivity index (χ2v) is 8.69. The van der Waals surface area contributed by atoms with E-state index in [2.05, 4.69) is 6.58 Å². The van der Waals surface area contributed by atoms with E-state index in [4.69, 9.17) is 18.6 Å². The van der Waals surface area contributed by atoms with Crippen molar-refractivity contribution in [2.75, 3.05) is 25.2 Å². The van der Waals surface area contributed by atoms with Crippen molar-refractivity contribution >= 4 is 22.6 Å². The molecule has 7 heteroatoms. The third kappa shape index (κ3) is 4.22. The molecular formula is C30H27NO6. The van der Waals surface area contributed by atoms with Gasteiger partial charge >= 0.3 is 0 Å². The molecule has 1 amide bonds. The van der Waals surface area contributed by atoms with Crippen LogP contribution in [-0.4, -0.2) is 26.2 Å². The van der Waals surface area contributed by atoms with E-state index >= 15 is 0 Å². The van der Waals surface area contributed by atoms with E-state index in [0.29, 0.717) is 58.2 Å². The third-order valence-corrected chi connectivity index (χ3v) is 6.32. The maximum Gasteiger partial charge on any atom is 0.295 e. The van der Waals surface area contributed by atoms with Crippen molar-refractivity contribution in [2.24, 2.45) is 0 Å². The zero-order valence-corrected chi connectivity index (χ0v) is 20.9. The predicted octanol–water partition coefficient (Wildman–Crippen LogP) is 5.82. The van der Waals surface area contributed by atoms with Crippen molar-refractivity contribution in [3.63, 3.8) is 0 Å². The van der Waals surface area contributed by atoms with Crippen LogP contribution in [0.2, 0.25) is 0 Å². The Morgan fingerprint density at radius 3 is 2.49 bits per heavy atom. The molecule has 0 spiro atoms. The molecule has 0 saturated heterocycles. The summed E-state index contributed by atoms with van der Waals surface area (Å²) in [6.45, 7) is 8.22. The van der Waals surface area contributed by atoms with Crippen LogP contribution in [0.1, 0.15) is 40.2 Å². The Kier molecular flexibility index (Phi) is 6.44. The number of hydrogen-bond donors (Lipinski definition) is 0. The van der Waals surface area contributed by atoms with Gasteiger partial charge in [0.1, 0.15) is 17.9 Å². The summed E-state index contributed by atoms with van der Waals surface area (Å²) >= 11 is 0. The molecule has 0 fully saturated rings. The maximum absolute atomic E-state index is 13.9. The van der Waals surface area contributed by atoms with E-state index in [0.717, 1.165) is 5.56 Å². The molecule has 37 heavy (non-hydrogen) atoms. The maximum atomic E-state index is 13.9. The zero-order valence-electron chi connectivity index (χ0n) is 20.9. The standard InChI is InChI=1S/C30H27NO6/c1-5-15-36-24-14-8-19(17-25(24)35-6-2)27-26-28(32)22-16-18(3)7-13-23(22)37-29(26)30(33)31(27)20-9-11-21(34-4)12-10-20/h5,7-14,16-17,27H,1,6,15H2,2-4H3. The van der Waals surface area contributed by atoms with E-state index in [1.165, 1.54) is 0 Å². The number of nitrogens with zero attached hydrogens (tertiary/aromatic N) is 1. The van der Waals surface area contributed by atoms with E-state index in [-0.39, 0.29) is 11.2 Å². The van der Waals surface area contributed by atoms with Crippen LogP contribution in [0, 0.1) is 6.92 Å². The van der Waals surface area contributed by atoms with Gasteiger partial charge in [0.05, 0.1) is 30.7 Å². The number of aryl methyl sites for hydroxylation is 1. The summed E-state index contributed by atoms with van der Waals surface area (Å²) < 4.78 is 23.0. The number of methoxy groups -OCH3 is 1. The van der Waals surface area contributed by atoms with Gasteiger partial charge in [-0.2, -0.15) is 0 Å². The lowest BCUT2D eigenvalue weighted by Crippen LogP contribution is -2.29. The average molecular weight is 498 g/mol. The Balaban J connectivity index is 1.74. The van der Waals surface area contributed by atoms with Crippen molar-refractivity contribution in [3.8, 4) is 17.2 Å². The van der Waals surface area contributed by atoms with Gasteiger partial charge in [0.15, 0.2) is 16.9 Å². The van der Waals surface area contributed by atoms with Crippen LogP contribution in [-0.2, 0) is 0 Å². The Morgan fingerprint density at radius 2 is 1.78 bits per heavy atom. The smallest absolute Gasteiger partial charge is 0.295 e. The summed E-state index contributed by atoms with van der Waals surface area (Å²) in [5, 5.41) is 0.434. The van der Waals surface area contributed by atoms with Crippen LogP contribution in [0.5, 0.6) is 17.2 Å². The lowest BCUT2D eigenvalue weighted by molar-refractivity contribution is 0.0971. The summed E-state index contributed by atoms with van der Waals surface area (Å²) in [5.41, 5.74) is 2.65. The molecule has 3 aromatic carbocycles. The number of fused-ring (bicyclic) bond motifs is 2. The number of carbonyl (C=O) groups excluding carboxylic acids is 1. The van der Waals surface area contributed by atoms with Gasteiger partial charge in [0, 0.05) is 5.69 Å². The molecule has 0 aliphatic carbocycles. The molecule has 0 N–H and O–H groups in total. The summed E-state index contributed by atoms with van der Waals surface area (Å²) in [6, 6.07) is 17.2. The molecule has 0 bridgehead atoms. The van der Waals surface area contributed by atoms with E-state index in [9.17, 15) is 9.59 Å². The molecule has 2 heterocycles. The number of hydrogen-bond acceptors (Lipinski definition) is 6. The summed E-state index contributed by atoms with van der Waals surface area (Å²) in [7, 11) is 1.58. The molecule has 7 nitrogen and oxygen atoms in total. The van der Waals surface area contributed by atoms with Crippen molar-refractivity contribution in [3.05, 3.63) is 106 Å². The van der Waals surface area contributed by atoms with E-state index < -0.39 is 11.9 Å². The lowest BCUT2D eigenvalue weighted by atomic mass is 9.97. The van der Waals surface area contributed by atoms with Gasteiger partial charge < -0.3 is 18.6 Å². The van der Waals surface area contributed by atoms with Gasteiger partial charge in [-0.15, -0.1) is 0 Å². The Hall–Kier alpha value is -4.52. The second-order valence-electron chi connectivity index (χ2n) is 8.69. The van der Waals surface area contributed by atoms with Gasteiger partial charge in [-0.1, -0.05) is 30.4 Å². The minimum Gasteiger partial charge on any atom is -0.497 e. The number of amides is 1. The fourth-order valence-electron chi connectivity index (χ4n) is 4.64. The van der Waals surface area contributed by atoms with Crippen molar-refractivity contribution in [1.29, 1.82) is 0 Å².